The van der Waals surface area contributed by atoms with E-state index in [1.165, 1.54) is 0 Å². The molecule has 0 radical (unpaired) electrons. The van der Waals surface area contributed by atoms with Crippen LogP contribution in [-0.4, -0.2) is 9.78 Å². The van der Waals surface area contributed by atoms with Gasteiger partial charge in [0.25, 0.3) is 0 Å². The number of nitrogen functional groups attached to an aromatic ring is 1. The van der Waals surface area contributed by atoms with E-state index in [0.717, 1.165) is 5.69 Å². The van der Waals surface area contributed by atoms with Crippen molar-refractivity contribution < 1.29 is 4.74 Å². The van der Waals surface area contributed by atoms with Crippen LogP contribution in [0, 0.1) is 0 Å². The van der Waals surface area contributed by atoms with Gasteiger partial charge in [0, 0.05) is 23.4 Å². The van der Waals surface area contributed by atoms with E-state index >= 15 is 0 Å². The van der Waals surface area contributed by atoms with Crippen LogP contribution >= 0.6 is 39.1 Å². The Morgan fingerprint density at radius 3 is 2.55 bits per heavy atom. The minimum atomic E-state index is 0.426. The SMILES string of the molecule is Nc1cc(Br)c(Oc2ccn(-c3ccc(Cl)cc3)n2)cc1Cl. The molecule has 1 aromatic heterocycles. The predicted octanol–water partition coefficient (Wildman–Crippen LogP) is 5.32. The molecule has 0 saturated carbocycles. The van der Waals surface area contributed by atoms with Gasteiger partial charge in [-0.25, -0.2) is 4.68 Å². The summed E-state index contributed by atoms with van der Waals surface area (Å²) in [4.78, 5) is 0. The molecule has 112 valence electrons. The summed E-state index contributed by atoms with van der Waals surface area (Å²) in [5.74, 6) is 0.983. The predicted molar refractivity (Wildman–Crippen MR) is 92.2 cm³/mol. The van der Waals surface area contributed by atoms with Crippen LogP contribution in [0.2, 0.25) is 10.0 Å². The monoisotopic (exact) mass is 397 g/mol. The molecule has 3 rings (SSSR count). The highest BCUT2D eigenvalue weighted by atomic mass is 79.9. The Kier molecular flexibility index (Phi) is 4.29. The molecule has 1 heterocycles. The normalized spacial score (nSPS) is 10.7. The lowest BCUT2D eigenvalue weighted by Gasteiger charge is -2.07. The molecule has 0 atom stereocenters. The molecule has 3 aromatic rings. The number of halogens is 3. The van der Waals surface area contributed by atoms with Crippen LogP contribution in [-0.2, 0) is 0 Å². The Bertz CT molecular complexity index is 818. The van der Waals surface area contributed by atoms with Crippen molar-refractivity contribution in [2.75, 3.05) is 5.73 Å². The molecule has 0 fully saturated rings. The van der Waals surface area contributed by atoms with Gasteiger partial charge >= 0.3 is 0 Å². The van der Waals surface area contributed by atoms with Crippen molar-refractivity contribution in [2.45, 2.75) is 0 Å². The van der Waals surface area contributed by atoms with E-state index in [4.69, 9.17) is 33.7 Å². The van der Waals surface area contributed by atoms with Crippen LogP contribution in [0.5, 0.6) is 11.6 Å². The Labute approximate surface area is 145 Å². The van der Waals surface area contributed by atoms with E-state index in [-0.39, 0.29) is 0 Å². The van der Waals surface area contributed by atoms with Gasteiger partial charge < -0.3 is 10.5 Å². The third-order valence-corrected chi connectivity index (χ3v) is 4.12. The lowest BCUT2D eigenvalue weighted by molar-refractivity contribution is 0.455. The molecule has 0 saturated heterocycles. The zero-order chi connectivity index (χ0) is 15.7. The first-order valence-corrected chi connectivity index (χ1v) is 7.82. The van der Waals surface area contributed by atoms with Gasteiger partial charge in [0.1, 0.15) is 5.75 Å². The van der Waals surface area contributed by atoms with E-state index in [2.05, 4.69) is 21.0 Å². The summed E-state index contributed by atoms with van der Waals surface area (Å²) < 4.78 is 8.12. The molecule has 4 nitrogen and oxygen atoms in total. The second kappa shape index (κ2) is 6.20. The molecular formula is C15H10BrCl2N3O. The molecule has 0 unspecified atom stereocenters. The molecule has 0 spiro atoms. The van der Waals surface area contributed by atoms with E-state index < -0.39 is 0 Å². The van der Waals surface area contributed by atoms with Crippen LogP contribution in [0.3, 0.4) is 0 Å². The first-order chi connectivity index (χ1) is 10.5. The molecule has 0 aliphatic heterocycles. The van der Waals surface area contributed by atoms with Crippen LogP contribution in [0.1, 0.15) is 0 Å². The molecule has 7 heteroatoms. The van der Waals surface area contributed by atoms with E-state index in [0.29, 0.717) is 31.8 Å². The number of benzene rings is 2. The molecule has 0 aliphatic carbocycles. The average Bonchev–Trinajstić information content (AvgIpc) is 2.94. The lowest BCUT2D eigenvalue weighted by atomic mass is 10.3. The first-order valence-electron chi connectivity index (χ1n) is 6.27. The van der Waals surface area contributed by atoms with E-state index in [1.807, 2.05) is 12.1 Å². The summed E-state index contributed by atoms with van der Waals surface area (Å²) >= 11 is 15.3. The van der Waals surface area contributed by atoms with Gasteiger partial charge in [0.2, 0.25) is 5.88 Å². The third-order valence-electron chi connectivity index (χ3n) is 2.92. The quantitative estimate of drug-likeness (QED) is 0.607. The van der Waals surface area contributed by atoms with Crippen LogP contribution in [0.25, 0.3) is 5.69 Å². The Balaban J connectivity index is 1.86. The third kappa shape index (κ3) is 3.21. The summed E-state index contributed by atoms with van der Waals surface area (Å²) in [6, 6.07) is 12.4. The number of anilines is 1. The van der Waals surface area contributed by atoms with Gasteiger partial charge in [-0.05, 0) is 46.3 Å². The average molecular weight is 399 g/mol. The number of hydrogen-bond donors (Lipinski definition) is 1. The topological polar surface area (TPSA) is 53.1 Å². The molecule has 0 aliphatic rings. The highest BCUT2D eigenvalue weighted by Gasteiger charge is 2.09. The molecule has 2 aromatic carbocycles. The number of hydrogen-bond acceptors (Lipinski definition) is 3. The van der Waals surface area contributed by atoms with Gasteiger partial charge in [-0.1, -0.05) is 23.2 Å². The summed E-state index contributed by atoms with van der Waals surface area (Å²) in [7, 11) is 0. The van der Waals surface area contributed by atoms with Crippen molar-refractivity contribution in [2.24, 2.45) is 0 Å². The number of nitrogens with zero attached hydrogens (tertiary/aromatic N) is 2. The second-order valence-electron chi connectivity index (χ2n) is 4.48. The highest BCUT2D eigenvalue weighted by molar-refractivity contribution is 9.10. The van der Waals surface area contributed by atoms with Crippen molar-refractivity contribution in [3.05, 3.63) is 63.2 Å². The van der Waals surface area contributed by atoms with Crippen molar-refractivity contribution in [1.29, 1.82) is 0 Å². The fraction of sp³-hybridized carbons (Fsp3) is 0. The van der Waals surface area contributed by atoms with Crippen molar-refractivity contribution in [3.63, 3.8) is 0 Å². The van der Waals surface area contributed by atoms with E-state index in [1.54, 1.807) is 41.2 Å². The number of aromatic nitrogens is 2. The summed E-state index contributed by atoms with van der Waals surface area (Å²) in [5.41, 5.74) is 7.09. The van der Waals surface area contributed by atoms with Gasteiger partial charge in [0.15, 0.2) is 0 Å². The van der Waals surface area contributed by atoms with Crippen molar-refractivity contribution in [3.8, 4) is 17.3 Å². The van der Waals surface area contributed by atoms with Crippen LogP contribution < -0.4 is 10.5 Å². The van der Waals surface area contributed by atoms with Gasteiger partial charge in [0.05, 0.1) is 20.9 Å². The number of nitrogens with two attached hydrogens (primary N) is 1. The Hall–Kier alpha value is -1.69. The van der Waals surface area contributed by atoms with Gasteiger partial charge in [-0.2, -0.15) is 0 Å². The number of rotatable bonds is 3. The molecule has 2 N–H and O–H groups in total. The second-order valence-corrected chi connectivity index (χ2v) is 6.18. The zero-order valence-electron chi connectivity index (χ0n) is 11.1. The lowest BCUT2D eigenvalue weighted by Crippen LogP contribution is -1.95. The highest BCUT2D eigenvalue weighted by Crippen LogP contribution is 2.35. The maximum Gasteiger partial charge on any atom is 0.238 e. The minimum absolute atomic E-state index is 0.426. The van der Waals surface area contributed by atoms with E-state index in [9.17, 15) is 0 Å². The first kappa shape index (κ1) is 15.2. The zero-order valence-corrected chi connectivity index (χ0v) is 14.2. The van der Waals surface area contributed by atoms with Crippen molar-refractivity contribution >= 4 is 44.8 Å². The largest absolute Gasteiger partial charge is 0.436 e. The standard InChI is InChI=1S/C15H10BrCl2N3O/c16-11-7-13(19)12(18)8-14(11)22-15-5-6-21(20-15)10-3-1-9(17)2-4-10/h1-8H,19H2. The summed E-state index contributed by atoms with van der Waals surface area (Å²) in [5, 5.41) is 5.45. The maximum absolute atomic E-state index is 6.00. The van der Waals surface area contributed by atoms with Gasteiger partial charge in [-0.3, -0.25) is 0 Å². The van der Waals surface area contributed by atoms with Crippen LogP contribution in [0.4, 0.5) is 5.69 Å². The maximum atomic E-state index is 6.00. The Morgan fingerprint density at radius 1 is 1.09 bits per heavy atom. The smallest absolute Gasteiger partial charge is 0.238 e. The fourth-order valence-corrected chi connectivity index (χ4v) is 2.56. The Morgan fingerprint density at radius 2 is 1.82 bits per heavy atom. The van der Waals surface area contributed by atoms with Gasteiger partial charge in [-0.15, -0.1) is 5.10 Å². The van der Waals surface area contributed by atoms with Crippen LogP contribution in [0.15, 0.2) is 53.1 Å². The fourth-order valence-electron chi connectivity index (χ4n) is 1.83. The van der Waals surface area contributed by atoms with Crippen molar-refractivity contribution in [1.82, 2.24) is 9.78 Å². The number of ether oxygens (including phenoxy) is 1. The minimum Gasteiger partial charge on any atom is -0.436 e. The summed E-state index contributed by atoms with van der Waals surface area (Å²) in [6.07, 6.45) is 1.80. The summed E-state index contributed by atoms with van der Waals surface area (Å²) in [6.45, 7) is 0. The molecule has 0 bridgehead atoms. The molecule has 22 heavy (non-hydrogen) atoms. The molecule has 0 amide bonds. The molecular weight excluding hydrogens is 389 g/mol.